The van der Waals surface area contributed by atoms with Crippen molar-refractivity contribution in [2.24, 2.45) is 11.3 Å². The number of thiol groups is 1. The molecule has 0 saturated heterocycles. The number of rotatable bonds is 3. The highest BCUT2D eigenvalue weighted by molar-refractivity contribution is 7.80. The molecular formula is C15H25NS2. The molecule has 1 nitrogen and oxygen atoms in total. The van der Waals surface area contributed by atoms with Gasteiger partial charge in [-0.3, -0.25) is 4.90 Å². The third kappa shape index (κ3) is 2.94. The van der Waals surface area contributed by atoms with Crippen LogP contribution in [0, 0.1) is 11.3 Å². The molecule has 2 rings (SSSR count). The van der Waals surface area contributed by atoms with Crippen LogP contribution in [-0.2, 0) is 6.42 Å². The van der Waals surface area contributed by atoms with Crippen molar-refractivity contribution in [2.45, 2.75) is 40.2 Å². The van der Waals surface area contributed by atoms with Gasteiger partial charge in [-0.25, -0.2) is 0 Å². The van der Waals surface area contributed by atoms with Gasteiger partial charge in [-0.2, -0.15) is 12.6 Å². The molecule has 2 unspecified atom stereocenters. The highest BCUT2D eigenvalue weighted by Crippen LogP contribution is 2.35. The summed E-state index contributed by atoms with van der Waals surface area (Å²) >= 11 is 6.48. The van der Waals surface area contributed by atoms with Gasteiger partial charge in [-0.1, -0.05) is 20.8 Å². The molecule has 0 spiro atoms. The molecule has 1 aliphatic heterocycles. The van der Waals surface area contributed by atoms with Crippen molar-refractivity contribution in [2.75, 3.05) is 18.8 Å². The van der Waals surface area contributed by atoms with Crippen LogP contribution < -0.4 is 0 Å². The molecule has 0 bridgehead atoms. The fraction of sp³-hybridized carbons (Fsp3) is 0.733. The molecule has 0 amide bonds. The van der Waals surface area contributed by atoms with E-state index in [9.17, 15) is 0 Å². The molecule has 102 valence electrons. The van der Waals surface area contributed by atoms with Gasteiger partial charge in [-0.05, 0) is 47.4 Å². The molecule has 18 heavy (non-hydrogen) atoms. The van der Waals surface area contributed by atoms with E-state index in [0.717, 1.165) is 5.75 Å². The summed E-state index contributed by atoms with van der Waals surface area (Å²) in [4.78, 5) is 4.23. The van der Waals surface area contributed by atoms with Crippen molar-refractivity contribution in [1.29, 1.82) is 0 Å². The predicted octanol–water partition coefficient (Wildman–Crippen LogP) is 4.26. The maximum atomic E-state index is 4.56. The number of hydrogen-bond acceptors (Lipinski definition) is 3. The number of hydrogen-bond donors (Lipinski definition) is 1. The molecule has 2 atom stereocenters. The van der Waals surface area contributed by atoms with Crippen LogP contribution in [-0.4, -0.2) is 23.7 Å². The summed E-state index contributed by atoms with van der Waals surface area (Å²) in [5.74, 6) is 1.63. The summed E-state index contributed by atoms with van der Waals surface area (Å²) in [7, 11) is 0. The Hall–Kier alpha value is 0.01000. The molecule has 0 aromatic carbocycles. The van der Waals surface area contributed by atoms with E-state index in [-0.39, 0.29) is 0 Å². The molecule has 3 heteroatoms. The summed E-state index contributed by atoms with van der Waals surface area (Å²) in [6.45, 7) is 11.7. The number of thiophene rings is 1. The summed E-state index contributed by atoms with van der Waals surface area (Å²) < 4.78 is 0. The zero-order valence-corrected chi connectivity index (χ0v) is 13.7. The Labute approximate surface area is 121 Å². The van der Waals surface area contributed by atoms with Crippen molar-refractivity contribution in [3.05, 3.63) is 21.9 Å². The molecule has 1 aromatic heterocycles. The fourth-order valence-electron chi connectivity index (χ4n) is 2.70. The first-order chi connectivity index (χ1) is 8.43. The molecule has 0 aliphatic carbocycles. The standard InChI is InChI=1S/C15H25NS2/c1-11-13-6-8-18-14(13)5-7-16(11)9-12(10-17)15(2,3)4/h6,8,11-12,17H,5,7,9-10H2,1-4H3. The average Bonchev–Trinajstić information content (AvgIpc) is 2.75. The SMILES string of the molecule is CC1c2ccsc2CCN1CC(CS)C(C)(C)C. The van der Waals surface area contributed by atoms with Gasteiger partial charge >= 0.3 is 0 Å². The molecule has 1 aliphatic rings. The summed E-state index contributed by atoms with van der Waals surface area (Å²) in [6.07, 6.45) is 1.22. The lowest BCUT2D eigenvalue weighted by atomic mass is 9.81. The van der Waals surface area contributed by atoms with Gasteiger partial charge in [0.1, 0.15) is 0 Å². The average molecular weight is 284 g/mol. The Bertz CT molecular complexity index is 391. The lowest BCUT2D eigenvalue weighted by Crippen LogP contribution is -2.41. The number of nitrogens with zero attached hydrogens (tertiary/aromatic N) is 1. The van der Waals surface area contributed by atoms with Crippen LogP contribution in [0.2, 0.25) is 0 Å². The Morgan fingerprint density at radius 1 is 1.50 bits per heavy atom. The van der Waals surface area contributed by atoms with Crippen LogP contribution in [0.4, 0.5) is 0 Å². The van der Waals surface area contributed by atoms with Crippen LogP contribution in [0.3, 0.4) is 0 Å². The van der Waals surface area contributed by atoms with Gasteiger partial charge in [0.2, 0.25) is 0 Å². The van der Waals surface area contributed by atoms with E-state index in [1.807, 2.05) is 11.3 Å². The topological polar surface area (TPSA) is 3.24 Å². The zero-order valence-electron chi connectivity index (χ0n) is 11.9. The van der Waals surface area contributed by atoms with E-state index >= 15 is 0 Å². The third-order valence-corrected chi connectivity index (χ3v) is 5.74. The molecular weight excluding hydrogens is 258 g/mol. The van der Waals surface area contributed by atoms with Crippen molar-refractivity contribution >= 4 is 24.0 Å². The van der Waals surface area contributed by atoms with Gasteiger partial charge in [0.25, 0.3) is 0 Å². The second-order valence-corrected chi connectivity index (χ2v) is 7.83. The minimum atomic E-state index is 0.344. The van der Waals surface area contributed by atoms with E-state index in [2.05, 4.69) is 56.7 Å². The Balaban J connectivity index is 2.08. The maximum Gasteiger partial charge on any atom is 0.0331 e. The normalized spacial score (nSPS) is 22.8. The van der Waals surface area contributed by atoms with Gasteiger partial charge in [0.15, 0.2) is 0 Å². The second-order valence-electron chi connectivity index (χ2n) is 6.47. The minimum absolute atomic E-state index is 0.344. The monoisotopic (exact) mass is 283 g/mol. The highest BCUT2D eigenvalue weighted by atomic mass is 32.1. The van der Waals surface area contributed by atoms with Crippen LogP contribution in [0.1, 0.15) is 44.2 Å². The van der Waals surface area contributed by atoms with Gasteiger partial charge in [0.05, 0.1) is 0 Å². The van der Waals surface area contributed by atoms with E-state index in [4.69, 9.17) is 0 Å². The van der Waals surface area contributed by atoms with Gasteiger partial charge < -0.3 is 0 Å². The van der Waals surface area contributed by atoms with Crippen molar-refractivity contribution < 1.29 is 0 Å². The minimum Gasteiger partial charge on any atom is -0.296 e. The van der Waals surface area contributed by atoms with Gasteiger partial charge in [0, 0.05) is 24.0 Å². The molecule has 0 fully saturated rings. The molecule has 0 saturated carbocycles. The van der Waals surface area contributed by atoms with Crippen LogP contribution in [0.15, 0.2) is 11.4 Å². The second kappa shape index (κ2) is 5.56. The summed E-state index contributed by atoms with van der Waals surface area (Å²) in [5, 5.41) is 2.24. The Morgan fingerprint density at radius 2 is 2.22 bits per heavy atom. The lowest BCUT2D eigenvalue weighted by Gasteiger charge is -2.39. The van der Waals surface area contributed by atoms with Crippen LogP contribution >= 0.6 is 24.0 Å². The lowest BCUT2D eigenvalue weighted by molar-refractivity contribution is 0.126. The van der Waals surface area contributed by atoms with Crippen molar-refractivity contribution in [3.63, 3.8) is 0 Å². The van der Waals surface area contributed by atoms with Crippen LogP contribution in [0.5, 0.6) is 0 Å². The highest BCUT2D eigenvalue weighted by Gasteiger charge is 2.30. The predicted molar refractivity (Wildman–Crippen MR) is 84.8 cm³/mol. The first-order valence-electron chi connectivity index (χ1n) is 6.84. The largest absolute Gasteiger partial charge is 0.296 e. The Morgan fingerprint density at radius 3 is 2.83 bits per heavy atom. The van der Waals surface area contributed by atoms with E-state index < -0.39 is 0 Å². The molecule has 0 radical (unpaired) electrons. The molecule has 2 heterocycles. The first-order valence-corrected chi connectivity index (χ1v) is 8.36. The molecule has 1 aromatic rings. The fourth-order valence-corrected chi connectivity index (χ4v) is 4.33. The Kier molecular flexibility index (Phi) is 4.45. The molecule has 0 N–H and O–H groups in total. The van der Waals surface area contributed by atoms with Crippen molar-refractivity contribution in [3.8, 4) is 0 Å². The first kappa shape index (κ1) is 14.4. The third-order valence-electron chi connectivity index (χ3n) is 4.30. The summed E-state index contributed by atoms with van der Waals surface area (Å²) in [6, 6.07) is 2.88. The zero-order chi connectivity index (χ0) is 13.3. The quantitative estimate of drug-likeness (QED) is 0.811. The smallest absolute Gasteiger partial charge is 0.0331 e. The number of fused-ring (bicyclic) bond motifs is 1. The van der Waals surface area contributed by atoms with Gasteiger partial charge in [-0.15, -0.1) is 11.3 Å². The van der Waals surface area contributed by atoms with E-state index in [1.54, 1.807) is 10.4 Å². The summed E-state index contributed by atoms with van der Waals surface area (Å²) in [5.41, 5.74) is 1.90. The van der Waals surface area contributed by atoms with Crippen molar-refractivity contribution in [1.82, 2.24) is 4.90 Å². The van der Waals surface area contributed by atoms with E-state index in [0.29, 0.717) is 17.4 Å². The van der Waals surface area contributed by atoms with Crippen LogP contribution in [0.25, 0.3) is 0 Å². The van der Waals surface area contributed by atoms with E-state index in [1.165, 1.54) is 19.5 Å². The maximum absolute atomic E-state index is 4.56.